The van der Waals surface area contributed by atoms with E-state index < -0.39 is 0 Å². The predicted molar refractivity (Wildman–Crippen MR) is 84.9 cm³/mol. The minimum Gasteiger partial charge on any atom is -0.497 e. The van der Waals surface area contributed by atoms with Gasteiger partial charge in [0.15, 0.2) is 5.78 Å². The topological polar surface area (TPSA) is 48.4 Å². The van der Waals surface area contributed by atoms with Gasteiger partial charge in [-0.15, -0.1) is 0 Å². The molecule has 0 N–H and O–H groups in total. The quantitative estimate of drug-likeness (QED) is 0.736. The summed E-state index contributed by atoms with van der Waals surface area (Å²) in [6.45, 7) is 0. The van der Waals surface area contributed by atoms with Crippen molar-refractivity contribution in [3.8, 4) is 11.5 Å². The van der Waals surface area contributed by atoms with Gasteiger partial charge in [0, 0.05) is 15.1 Å². The van der Waals surface area contributed by atoms with Gasteiger partial charge in [0.2, 0.25) is 0 Å². The predicted octanol–water partition coefficient (Wildman–Crippen LogP) is 4.32. The SMILES string of the molecule is COc1ccc2c(c1)C(=O)CC(c1ncc(Br)cc1Br)O2. The third-order valence-corrected chi connectivity index (χ3v) is 4.34. The van der Waals surface area contributed by atoms with Crippen molar-refractivity contribution in [3.63, 3.8) is 0 Å². The number of benzene rings is 1. The number of hydrogen-bond acceptors (Lipinski definition) is 4. The zero-order chi connectivity index (χ0) is 15.0. The minimum atomic E-state index is -0.388. The highest BCUT2D eigenvalue weighted by atomic mass is 79.9. The summed E-state index contributed by atoms with van der Waals surface area (Å²) in [4.78, 5) is 16.7. The third-order valence-electron chi connectivity index (χ3n) is 3.27. The first kappa shape index (κ1) is 14.5. The van der Waals surface area contributed by atoms with Gasteiger partial charge in [-0.25, -0.2) is 0 Å². The number of methoxy groups -OCH3 is 1. The van der Waals surface area contributed by atoms with E-state index in [4.69, 9.17) is 9.47 Å². The Labute approximate surface area is 138 Å². The lowest BCUT2D eigenvalue weighted by molar-refractivity contribution is 0.0843. The summed E-state index contributed by atoms with van der Waals surface area (Å²) >= 11 is 6.82. The molecule has 0 saturated heterocycles. The van der Waals surface area contributed by atoms with Crippen molar-refractivity contribution >= 4 is 37.6 Å². The van der Waals surface area contributed by atoms with Crippen molar-refractivity contribution in [2.75, 3.05) is 7.11 Å². The van der Waals surface area contributed by atoms with Crippen molar-refractivity contribution in [1.29, 1.82) is 0 Å². The highest BCUT2D eigenvalue weighted by molar-refractivity contribution is 9.11. The fourth-order valence-electron chi connectivity index (χ4n) is 2.24. The number of ketones is 1. The lowest BCUT2D eigenvalue weighted by atomic mass is 9.98. The second-order valence-electron chi connectivity index (χ2n) is 4.62. The number of Topliss-reactive ketones (excluding diaryl/α,β-unsaturated/α-hetero) is 1. The molecule has 3 rings (SSSR count). The zero-order valence-corrected chi connectivity index (χ0v) is 14.3. The summed E-state index contributed by atoms with van der Waals surface area (Å²) in [6, 6.07) is 7.13. The molecule has 2 heterocycles. The van der Waals surface area contributed by atoms with Crippen LogP contribution in [-0.2, 0) is 0 Å². The lowest BCUT2D eigenvalue weighted by Crippen LogP contribution is -2.21. The number of aromatic nitrogens is 1. The first-order valence-electron chi connectivity index (χ1n) is 6.27. The molecule has 0 spiro atoms. The maximum Gasteiger partial charge on any atom is 0.170 e. The van der Waals surface area contributed by atoms with Crippen LogP contribution < -0.4 is 9.47 Å². The second kappa shape index (κ2) is 5.77. The molecule has 108 valence electrons. The maximum atomic E-state index is 12.3. The Kier molecular flexibility index (Phi) is 3.99. The molecule has 1 unspecified atom stereocenters. The van der Waals surface area contributed by atoms with E-state index in [1.165, 1.54) is 0 Å². The molecule has 4 nitrogen and oxygen atoms in total. The van der Waals surface area contributed by atoms with Gasteiger partial charge in [-0.05, 0) is 56.1 Å². The lowest BCUT2D eigenvalue weighted by Gasteiger charge is -2.25. The molecule has 1 aromatic carbocycles. The van der Waals surface area contributed by atoms with Gasteiger partial charge in [-0.1, -0.05) is 0 Å². The molecule has 0 bridgehead atoms. The van der Waals surface area contributed by atoms with Gasteiger partial charge in [-0.3, -0.25) is 9.78 Å². The molecule has 21 heavy (non-hydrogen) atoms. The van der Waals surface area contributed by atoms with E-state index in [2.05, 4.69) is 36.8 Å². The molecule has 0 aliphatic carbocycles. The average molecular weight is 413 g/mol. The summed E-state index contributed by atoms with van der Waals surface area (Å²) in [5.41, 5.74) is 1.27. The van der Waals surface area contributed by atoms with Gasteiger partial charge in [0.25, 0.3) is 0 Å². The smallest absolute Gasteiger partial charge is 0.170 e. The van der Waals surface area contributed by atoms with Crippen LogP contribution in [0.3, 0.4) is 0 Å². The molecular weight excluding hydrogens is 402 g/mol. The molecule has 6 heteroatoms. The van der Waals surface area contributed by atoms with Crippen LogP contribution in [0.25, 0.3) is 0 Å². The van der Waals surface area contributed by atoms with E-state index in [9.17, 15) is 4.79 Å². The van der Waals surface area contributed by atoms with Crippen LogP contribution in [0.1, 0.15) is 28.6 Å². The van der Waals surface area contributed by atoms with Crippen LogP contribution >= 0.6 is 31.9 Å². The van der Waals surface area contributed by atoms with Gasteiger partial charge in [0.05, 0.1) is 24.8 Å². The van der Waals surface area contributed by atoms with Crippen LogP contribution in [0.15, 0.2) is 39.4 Å². The highest BCUT2D eigenvalue weighted by Crippen LogP contribution is 2.38. The Bertz CT molecular complexity index is 718. The average Bonchev–Trinajstić information content (AvgIpc) is 2.47. The van der Waals surface area contributed by atoms with E-state index in [0.717, 1.165) is 8.95 Å². The van der Waals surface area contributed by atoms with E-state index >= 15 is 0 Å². The highest BCUT2D eigenvalue weighted by Gasteiger charge is 2.30. The molecule has 1 aliphatic heterocycles. The number of halogens is 2. The van der Waals surface area contributed by atoms with Crippen molar-refractivity contribution in [2.45, 2.75) is 12.5 Å². The minimum absolute atomic E-state index is 0.0248. The molecule has 1 aromatic heterocycles. The number of carbonyl (C=O) groups excluding carboxylic acids is 1. The summed E-state index contributed by atoms with van der Waals surface area (Å²) in [5, 5.41) is 0. The van der Waals surface area contributed by atoms with Crippen molar-refractivity contribution in [1.82, 2.24) is 4.98 Å². The number of pyridine rings is 1. The van der Waals surface area contributed by atoms with Crippen LogP contribution in [0.4, 0.5) is 0 Å². The summed E-state index contributed by atoms with van der Waals surface area (Å²) in [7, 11) is 1.57. The van der Waals surface area contributed by atoms with Gasteiger partial charge in [0.1, 0.15) is 17.6 Å². The van der Waals surface area contributed by atoms with E-state index in [-0.39, 0.29) is 18.3 Å². The van der Waals surface area contributed by atoms with E-state index in [1.807, 2.05) is 6.07 Å². The van der Waals surface area contributed by atoms with E-state index in [0.29, 0.717) is 22.8 Å². The molecule has 1 aliphatic rings. The fraction of sp³-hybridized carbons (Fsp3) is 0.200. The van der Waals surface area contributed by atoms with Gasteiger partial charge < -0.3 is 9.47 Å². The molecule has 0 saturated carbocycles. The normalized spacial score (nSPS) is 17.1. The van der Waals surface area contributed by atoms with Crippen LogP contribution in [-0.4, -0.2) is 17.9 Å². The Morgan fingerprint density at radius 2 is 2.14 bits per heavy atom. The van der Waals surface area contributed by atoms with Gasteiger partial charge >= 0.3 is 0 Å². The standard InChI is InChI=1S/C15H11Br2NO3/c1-20-9-2-3-13-10(5-9)12(19)6-14(21-13)15-11(17)4-8(16)7-18-15/h2-5,7,14H,6H2,1H3. The summed E-state index contributed by atoms with van der Waals surface area (Å²) < 4.78 is 12.7. The first-order chi connectivity index (χ1) is 10.1. The third kappa shape index (κ3) is 2.82. The number of ether oxygens (including phenoxy) is 2. The molecule has 0 fully saturated rings. The Hall–Kier alpha value is -1.40. The summed E-state index contributed by atoms with van der Waals surface area (Å²) in [5.74, 6) is 1.23. The van der Waals surface area contributed by atoms with Gasteiger partial charge in [-0.2, -0.15) is 0 Å². The Morgan fingerprint density at radius 3 is 2.86 bits per heavy atom. The van der Waals surface area contributed by atoms with Crippen LogP contribution in [0.2, 0.25) is 0 Å². The van der Waals surface area contributed by atoms with Crippen molar-refractivity contribution in [2.24, 2.45) is 0 Å². The molecule has 0 radical (unpaired) electrons. The molecule has 2 aromatic rings. The van der Waals surface area contributed by atoms with Crippen molar-refractivity contribution in [3.05, 3.63) is 50.7 Å². The fourth-order valence-corrected chi connectivity index (χ4v) is 3.49. The zero-order valence-electron chi connectivity index (χ0n) is 11.1. The Balaban J connectivity index is 1.96. The Morgan fingerprint density at radius 1 is 1.33 bits per heavy atom. The number of hydrogen-bond donors (Lipinski definition) is 0. The molecular formula is C15H11Br2NO3. The molecule has 1 atom stereocenters. The van der Waals surface area contributed by atoms with E-state index in [1.54, 1.807) is 31.5 Å². The van der Waals surface area contributed by atoms with Crippen LogP contribution in [0.5, 0.6) is 11.5 Å². The number of rotatable bonds is 2. The van der Waals surface area contributed by atoms with Crippen LogP contribution in [0, 0.1) is 0 Å². The number of fused-ring (bicyclic) bond motifs is 1. The van der Waals surface area contributed by atoms with Crippen molar-refractivity contribution < 1.29 is 14.3 Å². The number of nitrogens with zero attached hydrogens (tertiary/aromatic N) is 1. The maximum absolute atomic E-state index is 12.3. The largest absolute Gasteiger partial charge is 0.497 e. The monoisotopic (exact) mass is 411 g/mol. The second-order valence-corrected chi connectivity index (χ2v) is 6.39. The number of carbonyl (C=O) groups is 1. The molecule has 0 amide bonds. The first-order valence-corrected chi connectivity index (χ1v) is 7.86. The summed E-state index contributed by atoms with van der Waals surface area (Å²) in [6.07, 6.45) is 1.56.